The highest BCUT2D eigenvalue weighted by molar-refractivity contribution is 7.10. The highest BCUT2D eigenvalue weighted by Crippen LogP contribution is 2.28. The highest BCUT2D eigenvalue weighted by atomic mass is 32.1. The van der Waals surface area contributed by atoms with Crippen molar-refractivity contribution in [1.29, 1.82) is 0 Å². The van der Waals surface area contributed by atoms with Crippen LogP contribution in [-0.2, 0) is 6.54 Å². The molecule has 25 heavy (non-hydrogen) atoms. The fourth-order valence-electron chi connectivity index (χ4n) is 2.63. The number of rotatable bonds is 6. The number of hydrogen-bond donors (Lipinski definition) is 1. The first-order valence-electron chi connectivity index (χ1n) is 8.10. The van der Waals surface area contributed by atoms with Gasteiger partial charge in [0.25, 0.3) is 0 Å². The van der Waals surface area contributed by atoms with Crippen LogP contribution in [-0.4, -0.2) is 10.2 Å². The van der Waals surface area contributed by atoms with E-state index in [0.29, 0.717) is 11.8 Å². The second-order valence-electron chi connectivity index (χ2n) is 5.63. The van der Waals surface area contributed by atoms with Gasteiger partial charge in [-0.25, -0.2) is 0 Å². The maximum absolute atomic E-state index is 5.97. The molecule has 2 aromatic carbocycles. The van der Waals surface area contributed by atoms with Crippen molar-refractivity contribution in [2.75, 3.05) is 0 Å². The van der Waals surface area contributed by atoms with Crippen LogP contribution < -0.4 is 5.32 Å². The Hall–Kier alpha value is -2.76. The van der Waals surface area contributed by atoms with E-state index in [1.807, 2.05) is 54.6 Å². The molecule has 4 nitrogen and oxygen atoms in total. The quantitative estimate of drug-likeness (QED) is 0.550. The zero-order valence-corrected chi connectivity index (χ0v) is 14.3. The standard InChI is InChI=1S/C20H17N3OS/c1-3-8-15(9-4-1)14-21-18(17-12-7-13-25-17)20-23-22-19(24-20)16-10-5-2-6-11-16/h1-13,18,21H,14H2. The van der Waals surface area contributed by atoms with E-state index in [1.165, 1.54) is 5.56 Å². The normalized spacial score (nSPS) is 12.2. The third-order valence-electron chi connectivity index (χ3n) is 3.89. The molecule has 1 unspecified atom stereocenters. The van der Waals surface area contributed by atoms with E-state index >= 15 is 0 Å². The van der Waals surface area contributed by atoms with Crippen molar-refractivity contribution in [3.63, 3.8) is 0 Å². The van der Waals surface area contributed by atoms with Crippen LogP contribution in [0.25, 0.3) is 11.5 Å². The number of benzene rings is 2. The lowest BCUT2D eigenvalue weighted by Crippen LogP contribution is -2.21. The molecule has 4 aromatic rings. The van der Waals surface area contributed by atoms with Crippen molar-refractivity contribution in [3.8, 4) is 11.5 Å². The molecular formula is C20H17N3OS. The molecule has 1 atom stereocenters. The average Bonchev–Trinajstić information content (AvgIpc) is 3.36. The third kappa shape index (κ3) is 3.68. The number of nitrogens with one attached hydrogen (secondary N) is 1. The van der Waals surface area contributed by atoms with Gasteiger partial charge in [0.05, 0.1) is 0 Å². The Bertz CT molecular complexity index is 905. The molecule has 124 valence electrons. The molecule has 0 bridgehead atoms. The molecule has 0 spiro atoms. The van der Waals surface area contributed by atoms with Crippen molar-refractivity contribution < 1.29 is 4.42 Å². The first-order valence-corrected chi connectivity index (χ1v) is 8.97. The summed E-state index contributed by atoms with van der Waals surface area (Å²) in [6, 6.07) is 24.1. The van der Waals surface area contributed by atoms with Gasteiger partial charge in [-0.05, 0) is 29.1 Å². The summed E-state index contributed by atoms with van der Waals surface area (Å²) < 4.78 is 5.97. The minimum atomic E-state index is -0.120. The Kier molecular flexibility index (Phi) is 4.68. The second-order valence-corrected chi connectivity index (χ2v) is 6.61. The molecule has 0 aliphatic heterocycles. The predicted octanol–water partition coefficient (Wildman–Crippen LogP) is 4.68. The molecule has 2 aromatic heterocycles. The van der Waals surface area contributed by atoms with Gasteiger partial charge in [-0.1, -0.05) is 54.6 Å². The van der Waals surface area contributed by atoms with E-state index in [9.17, 15) is 0 Å². The van der Waals surface area contributed by atoms with Crippen LogP contribution >= 0.6 is 11.3 Å². The largest absolute Gasteiger partial charge is 0.419 e. The van der Waals surface area contributed by atoms with Crippen LogP contribution in [0.15, 0.2) is 82.6 Å². The lowest BCUT2D eigenvalue weighted by molar-refractivity contribution is 0.441. The second kappa shape index (κ2) is 7.42. The minimum absolute atomic E-state index is 0.120. The summed E-state index contributed by atoms with van der Waals surface area (Å²) in [6.45, 7) is 0.729. The van der Waals surface area contributed by atoms with E-state index < -0.39 is 0 Å². The van der Waals surface area contributed by atoms with Crippen LogP contribution in [0, 0.1) is 0 Å². The SMILES string of the molecule is c1ccc(CNC(c2nnc(-c3ccccc3)o2)c2cccs2)cc1. The molecule has 0 saturated carbocycles. The van der Waals surface area contributed by atoms with Crippen molar-refractivity contribution in [2.24, 2.45) is 0 Å². The third-order valence-corrected chi connectivity index (χ3v) is 4.83. The smallest absolute Gasteiger partial charge is 0.247 e. The molecule has 0 aliphatic rings. The summed E-state index contributed by atoms with van der Waals surface area (Å²) in [6.07, 6.45) is 0. The molecule has 0 fully saturated rings. The maximum atomic E-state index is 5.97. The van der Waals surface area contributed by atoms with Gasteiger partial charge in [-0.3, -0.25) is 5.32 Å². The summed E-state index contributed by atoms with van der Waals surface area (Å²) in [5.74, 6) is 1.12. The highest BCUT2D eigenvalue weighted by Gasteiger charge is 2.21. The topological polar surface area (TPSA) is 51.0 Å². The minimum Gasteiger partial charge on any atom is -0.419 e. The van der Waals surface area contributed by atoms with Crippen molar-refractivity contribution in [3.05, 3.63) is 94.5 Å². The predicted molar refractivity (Wildman–Crippen MR) is 99.2 cm³/mol. The van der Waals surface area contributed by atoms with Crippen molar-refractivity contribution in [2.45, 2.75) is 12.6 Å². The van der Waals surface area contributed by atoms with Gasteiger partial charge in [0.15, 0.2) is 0 Å². The molecular weight excluding hydrogens is 330 g/mol. The number of thiophene rings is 1. The van der Waals surface area contributed by atoms with Gasteiger partial charge in [0, 0.05) is 17.0 Å². The van der Waals surface area contributed by atoms with Crippen molar-refractivity contribution >= 4 is 11.3 Å². The first kappa shape index (κ1) is 15.7. The number of nitrogens with zero attached hydrogens (tertiary/aromatic N) is 2. The van der Waals surface area contributed by atoms with Gasteiger partial charge in [0.2, 0.25) is 11.8 Å². The maximum Gasteiger partial charge on any atom is 0.247 e. The fourth-order valence-corrected chi connectivity index (χ4v) is 3.42. The summed E-state index contributed by atoms with van der Waals surface area (Å²) in [4.78, 5) is 1.15. The first-order chi connectivity index (χ1) is 12.4. The molecule has 0 radical (unpaired) electrons. The van der Waals surface area contributed by atoms with Crippen LogP contribution in [0.4, 0.5) is 0 Å². The zero-order valence-electron chi connectivity index (χ0n) is 13.5. The van der Waals surface area contributed by atoms with Gasteiger partial charge in [-0.2, -0.15) is 0 Å². The Morgan fingerprint density at radius 1 is 0.880 bits per heavy atom. The van der Waals surface area contributed by atoms with E-state index in [-0.39, 0.29) is 6.04 Å². The van der Waals surface area contributed by atoms with Crippen LogP contribution in [0.3, 0.4) is 0 Å². The van der Waals surface area contributed by atoms with E-state index in [1.54, 1.807) is 11.3 Å². The summed E-state index contributed by atoms with van der Waals surface area (Å²) in [5, 5.41) is 14.1. The summed E-state index contributed by atoms with van der Waals surface area (Å²) in [5.41, 5.74) is 2.14. The molecule has 0 aliphatic carbocycles. The van der Waals surface area contributed by atoms with Crippen LogP contribution in [0.1, 0.15) is 22.4 Å². The lowest BCUT2D eigenvalue weighted by atomic mass is 10.2. The van der Waals surface area contributed by atoms with Crippen LogP contribution in [0.5, 0.6) is 0 Å². The zero-order chi connectivity index (χ0) is 16.9. The van der Waals surface area contributed by atoms with Gasteiger partial charge >= 0.3 is 0 Å². The molecule has 2 heterocycles. The van der Waals surface area contributed by atoms with Gasteiger partial charge < -0.3 is 4.42 Å². The number of hydrogen-bond acceptors (Lipinski definition) is 5. The molecule has 4 rings (SSSR count). The molecule has 0 amide bonds. The van der Waals surface area contributed by atoms with Gasteiger partial charge in [-0.15, -0.1) is 21.5 Å². The Morgan fingerprint density at radius 2 is 1.64 bits per heavy atom. The summed E-state index contributed by atoms with van der Waals surface area (Å²) in [7, 11) is 0. The van der Waals surface area contributed by atoms with Gasteiger partial charge in [0.1, 0.15) is 6.04 Å². The monoisotopic (exact) mass is 347 g/mol. The molecule has 1 N–H and O–H groups in total. The fraction of sp³-hybridized carbons (Fsp3) is 0.100. The van der Waals surface area contributed by atoms with E-state index in [0.717, 1.165) is 17.0 Å². The molecule has 5 heteroatoms. The van der Waals surface area contributed by atoms with E-state index in [2.05, 4.69) is 39.1 Å². The van der Waals surface area contributed by atoms with Crippen LogP contribution in [0.2, 0.25) is 0 Å². The summed E-state index contributed by atoms with van der Waals surface area (Å²) >= 11 is 1.68. The Morgan fingerprint density at radius 3 is 2.36 bits per heavy atom. The van der Waals surface area contributed by atoms with Crippen molar-refractivity contribution in [1.82, 2.24) is 15.5 Å². The Balaban J connectivity index is 1.59. The molecule has 0 saturated heterocycles. The average molecular weight is 347 g/mol. The number of aromatic nitrogens is 2. The lowest BCUT2D eigenvalue weighted by Gasteiger charge is -2.13. The Labute approximate surface area is 150 Å². The van der Waals surface area contributed by atoms with E-state index in [4.69, 9.17) is 4.42 Å².